The summed E-state index contributed by atoms with van der Waals surface area (Å²) in [7, 11) is 1.92. The largest absolute Gasteiger partial charge is 0.454 e. The van der Waals surface area contributed by atoms with Crippen LogP contribution in [0.2, 0.25) is 0 Å². The van der Waals surface area contributed by atoms with Gasteiger partial charge >= 0.3 is 0 Å². The van der Waals surface area contributed by atoms with E-state index in [2.05, 4.69) is 0 Å². The van der Waals surface area contributed by atoms with Crippen molar-refractivity contribution in [1.29, 1.82) is 0 Å². The number of hydrogen-bond acceptors (Lipinski definition) is 3. The highest BCUT2D eigenvalue weighted by molar-refractivity contribution is 5.83. The minimum Gasteiger partial charge on any atom is -0.454 e. The first-order valence-electron chi connectivity index (χ1n) is 6.08. The number of fused-ring (bicyclic) bond motifs is 1. The molecule has 1 unspecified atom stereocenters. The predicted molar refractivity (Wildman–Crippen MR) is 67.0 cm³/mol. The first kappa shape index (κ1) is 11.8. The van der Waals surface area contributed by atoms with Gasteiger partial charge in [0.15, 0.2) is 23.3 Å². The summed E-state index contributed by atoms with van der Waals surface area (Å²) in [5.41, 5.74) is 0.896. The van der Waals surface area contributed by atoms with Crippen LogP contribution in [0.5, 0.6) is 11.5 Å². The zero-order chi connectivity index (χ0) is 13.4. The van der Waals surface area contributed by atoms with Gasteiger partial charge in [0.2, 0.25) is 13.1 Å². The van der Waals surface area contributed by atoms with E-state index < -0.39 is 0 Å². The molecule has 0 aliphatic carbocycles. The summed E-state index contributed by atoms with van der Waals surface area (Å²) in [6.45, 7) is 1.83. The summed E-state index contributed by atoms with van der Waals surface area (Å²) < 4.78 is 14.4. The standard InChI is InChI=1S/C14H15N2O3/c1-10(17)14(16-6-5-15(2)8-16)11-3-4-12-13(7-11)19-9-18-12/h3-8,14H,9H2,1-2H3/q+1. The van der Waals surface area contributed by atoms with Crippen LogP contribution in [0.3, 0.4) is 0 Å². The molecule has 5 heteroatoms. The van der Waals surface area contributed by atoms with Gasteiger partial charge in [-0.15, -0.1) is 0 Å². The van der Waals surface area contributed by atoms with Gasteiger partial charge in [-0.25, -0.2) is 9.13 Å². The molecule has 98 valence electrons. The molecule has 2 aromatic rings. The molecule has 1 aliphatic rings. The lowest BCUT2D eigenvalue weighted by atomic mass is 10.0. The summed E-state index contributed by atoms with van der Waals surface area (Å²) in [5.74, 6) is 1.50. The molecule has 1 aliphatic heterocycles. The van der Waals surface area contributed by atoms with Gasteiger partial charge in [0.1, 0.15) is 12.4 Å². The highest BCUT2D eigenvalue weighted by atomic mass is 16.7. The summed E-state index contributed by atoms with van der Waals surface area (Å²) in [6.07, 6.45) is 5.68. The van der Waals surface area contributed by atoms with Crippen molar-refractivity contribution in [3.05, 3.63) is 42.5 Å². The molecule has 2 heterocycles. The van der Waals surface area contributed by atoms with E-state index in [1.54, 1.807) is 6.92 Å². The van der Waals surface area contributed by atoms with Crippen LogP contribution in [-0.4, -0.2) is 17.1 Å². The number of aryl methyl sites for hydroxylation is 1. The molecule has 19 heavy (non-hydrogen) atoms. The summed E-state index contributed by atoms with van der Waals surface area (Å²) in [6, 6.07) is 5.28. The van der Waals surface area contributed by atoms with Crippen LogP contribution in [0.25, 0.3) is 0 Å². The zero-order valence-corrected chi connectivity index (χ0v) is 10.9. The minimum absolute atomic E-state index is 0.0788. The van der Waals surface area contributed by atoms with E-state index in [-0.39, 0.29) is 18.6 Å². The van der Waals surface area contributed by atoms with Gasteiger partial charge in [0.25, 0.3) is 0 Å². The Hall–Kier alpha value is -2.30. The molecule has 3 rings (SSSR count). The van der Waals surface area contributed by atoms with Crippen molar-refractivity contribution < 1.29 is 18.8 Å². The average Bonchev–Trinajstić information content (AvgIpc) is 2.97. The molecule has 0 saturated heterocycles. The number of Topliss-reactive ketones (excluding diaryl/α,β-unsaturated/α-hetero) is 1. The van der Waals surface area contributed by atoms with E-state index in [0.29, 0.717) is 5.75 Å². The number of carbonyl (C=O) groups excluding carboxylic acids is 1. The molecule has 5 nitrogen and oxygen atoms in total. The second-order valence-electron chi connectivity index (χ2n) is 4.65. The second-order valence-corrected chi connectivity index (χ2v) is 4.65. The number of imidazole rings is 1. The van der Waals surface area contributed by atoms with Crippen LogP contribution < -0.4 is 14.0 Å². The fourth-order valence-electron chi connectivity index (χ4n) is 2.32. The number of hydrogen-bond donors (Lipinski definition) is 0. The molecule has 1 aromatic heterocycles. The third-order valence-electron chi connectivity index (χ3n) is 3.18. The van der Waals surface area contributed by atoms with Crippen LogP contribution in [0.15, 0.2) is 36.9 Å². The normalized spacial score (nSPS) is 14.4. The smallest absolute Gasteiger partial charge is 0.244 e. The molecule has 0 fully saturated rings. The maximum atomic E-state index is 12.0. The molecule has 0 N–H and O–H groups in total. The Morgan fingerprint density at radius 2 is 2.16 bits per heavy atom. The van der Waals surface area contributed by atoms with Crippen molar-refractivity contribution in [3.63, 3.8) is 0 Å². The molecular weight excluding hydrogens is 244 g/mol. The van der Waals surface area contributed by atoms with Gasteiger partial charge < -0.3 is 9.47 Å². The maximum Gasteiger partial charge on any atom is 0.244 e. The highest BCUT2D eigenvalue weighted by Crippen LogP contribution is 2.35. The van der Waals surface area contributed by atoms with Gasteiger partial charge in [-0.05, 0) is 19.1 Å². The molecule has 1 atom stereocenters. The molecule has 0 amide bonds. The third-order valence-corrected chi connectivity index (χ3v) is 3.18. The fourth-order valence-corrected chi connectivity index (χ4v) is 2.32. The summed E-state index contributed by atoms with van der Waals surface area (Å²) in [5, 5.41) is 0. The van der Waals surface area contributed by atoms with Crippen LogP contribution in [-0.2, 0) is 11.8 Å². The van der Waals surface area contributed by atoms with E-state index >= 15 is 0 Å². The number of ether oxygens (including phenoxy) is 2. The van der Waals surface area contributed by atoms with E-state index in [1.165, 1.54) is 0 Å². The average molecular weight is 259 g/mol. The van der Waals surface area contributed by atoms with Crippen molar-refractivity contribution in [2.75, 3.05) is 6.79 Å². The van der Waals surface area contributed by atoms with E-state index in [1.807, 2.05) is 53.1 Å². The van der Waals surface area contributed by atoms with Gasteiger partial charge in [-0.2, -0.15) is 0 Å². The number of carbonyl (C=O) groups is 1. The highest BCUT2D eigenvalue weighted by Gasteiger charge is 2.26. The Morgan fingerprint density at radius 1 is 1.37 bits per heavy atom. The number of rotatable bonds is 3. The molecule has 0 spiro atoms. The number of ketones is 1. The number of nitrogens with zero attached hydrogens (tertiary/aromatic N) is 2. The van der Waals surface area contributed by atoms with Gasteiger partial charge in [0, 0.05) is 5.56 Å². The summed E-state index contributed by atoms with van der Waals surface area (Å²) in [4.78, 5) is 12.0. The monoisotopic (exact) mass is 259 g/mol. The van der Waals surface area contributed by atoms with Crippen molar-refractivity contribution in [2.45, 2.75) is 13.0 Å². The Bertz CT molecular complexity index is 633. The fraction of sp³-hybridized carbons (Fsp3) is 0.286. The van der Waals surface area contributed by atoms with Crippen molar-refractivity contribution in [3.8, 4) is 11.5 Å². The quantitative estimate of drug-likeness (QED) is 0.778. The minimum atomic E-state index is -0.337. The third kappa shape index (κ3) is 2.07. The number of benzene rings is 1. The van der Waals surface area contributed by atoms with Gasteiger partial charge in [-0.1, -0.05) is 6.07 Å². The molecule has 0 bridgehead atoms. The molecule has 0 saturated carbocycles. The lowest BCUT2D eigenvalue weighted by Crippen LogP contribution is -2.26. The maximum absolute atomic E-state index is 12.0. The Morgan fingerprint density at radius 3 is 2.84 bits per heavy atom. The Kier molecular flexibility index (Phi) is 2.74. The predicted octanol–water partition coefficient (Wildman–Crippen LogP) is 1.22. The van der Waals surface area contributed by atoms with Crippen molar-refractivity contribution in [2.24, 2.45) is 7.05 Å². The number of aromatic nitrogens is 2. The van der Waals surface area contributed by atoms with Crippen molar-refractivity contribution in [1.82, 2.24) is 4.57 Å². The van der Waals surface area contributed by atoms with E-state index in [0.717, 1.165) is 11.3 Å². The van der Waals surface area contributed by atoms with Crippen molar-refractivity contribution >= 4 is 5.78 Å². The zero-order valence-electron chi connectivity index (χ0n) is 10.9. The second kappa shape index (κ2) is 4.42. The van der Waals surface area contributed by atoms with Crippen LogP contribution >= 0.6 is 0 Å². The first-order valence-corrected chi connectivity index (χ1v) is 6.08. The lowest BCUT2D eigenvalue weighted by Gasteiger charge is -2.11. The van der Waals surface area contributed by atoms with Gasteiger partial charge in [0.05, 0.1) is 7.05 Å². The van der Waals surface area contributed by atoms with Crippen LogP contribution in [0.1, 0.15) is 18.5 Å². The Balaban J connectivity index is 2.03. The topological polar surface area (TPSA) is 44.3 Å². The van der Waals surface area contributed by atoms with E-state index in [9.17, 15) is 4.79 Å². The Labute approximate surface area is 111 Å². The van der Waals surface area contributed by atoms with Gasteiger partial charge in [-0.3, -0.25) is 4.79 Å². The molecule has 1 aromatic carbocycles. The molecular formula is C14H15N2O3+. The SMILES string of the molecule is CC(=O)C(c1ccc2c(c1)OCO2)n1cc[n+](C)c1. The lowest BCUT2D eigenvalue weighted by molar-refractivity contribution is -0.671. The molecule has 0 radical (unpaired) electrons. The summed E-state index contributed by atoms with van der Waals surface area (Å²) >= 11 is 0. The van der Waals surface area contributed by atoms with Crippen LogP contribution in [0.4, 0.5) is 0 Å². The van der Waals surface area contributed by atoms with E-state index in [4.69, 9.17) is 9.47 Å². The first-order chi connectivity index (χ1) is 9.15. The van der Waals surface area contributed by atoms with Crippen LogP contribution in [0, 0.1) is 0 Å².